The summed E-state index contributed by atoms with van der Waals surface area (Å²) in [5, 5.41) is 9.41. The number of aliphatic carboxylic acids is 1. The Morgan fingerprint density at radius 1 is 1.53 bits per heavy atom. The third-order valence-corrected chi connectivity index (χ3v) is 3.57. The minimum atomic E-state index is -2.99. The average Bonchev–Trinajstić information content (AvgIpc) is 2.26. The first-order valence-electron chi connectivity index (χ1n) is 5.90. The zero-order chi connectivity index (χ0) is 14.2. The smallest absolute Gasteiger partial charge is 0.387 e. The maximum Gasteiger partial charge on any atom is 0.387 e. The van der Waals surface area contributed by atoms with Gasteiger partial charge in [0.15, 0.2) is 0 Å². The van der Waals surface area contributed by atoms with E-state index in [1.807, 2.05) is 0 Å². The van der Waals surface area contributed by atoms with Crippen LogP contribution >= 0.6 is 0 Å². The molecule has 0 aromatic heterocycles. The van der Waals surface area contributed by atoms with Crippen LogP contribution in [0.4, 0.5) is 8.78 Å². The van der Waals surface area contributed by atoms with Gasteiger partial charge in [-0.3, -0.25) is 4.79 Å². The Balaban J connectivity index is 2.49. The molecule has 0 spiro atoms. The largest absolute Gasteiger partial charge is 0.481 e. The summed E-state index contributed by atoms with van der Waals surface area (Å²) in [4.78, 5) is 11.5. The number of carboxylic acid groups (broad SMARTS) is 1. The summed E-state index contributed by atoms with van der Waals surface area (Å²) >= 11 is 0. The summed E-state index contributed by atoms with van der Waals surface area (Å²) in [7, 11) is 0. The van der Waals surface area contributed by atoms with Crippen molar-refractivity contribution in [2.45, 2.75) is 37.8 Å². The Labute approximate surface area is 109 Å². The van der Waals surface area contributed by atoms with Gasteiger partial charge in [-0.05, 0) is 25.3 Å². The molecule has 1 aliphatic carbocycles. The fourth-order valence-electron chi connectivity index (χ4n) is 2.62. The Hall–Kier alpha value is -1.69. The number of para-hydroxylation sites is 1. The Bertz CT molecular complexity index is 499. The molecule has 0 atom stereocenters. The molecule has 6 heteroatoms. The highest BCUT2D eigenvalue weighted by molar-refractivity contribution is 5.84. The van der Waals surface area contributed by atoms with Crippen LogP contribution in [-0.4, -0.2) is 23.7 Å². The van der Waals surface area contributed by atoms with Crippen molar-refractivity contribution in [3.05, 3.63) is 29.3 Å². The standard InChI is InChI=1S/C13H15F2NO3/c1-7-3-2-4-9(10(7)19-12(14)15)13(11(17)18)5-8(16)6-13/h2-4,8,12H,5-6,16H2,1H3,(H,17,18). The van der Waals surface area contributed by atoms with Crippen molar-refractivity contribution < 1.29 is 23.4 Å². The zero-order valence-electron chi connectivity index (χ0n) is 10.4. The lowest BCUT2D eigenvalue weighted by Crippen LogP contribution is -2.54. The van der Waals surface area contributed by atoms with Crippen LogP contribution in [0.3, 0.4) is 0 Å². The van der Waals surface area contributed by atoms with Crippen molar-refractivity contribution >= 4 is 5.97 Å². The number of ether oxygens (including phenoxy) is 1. The molecule has 4 nitrogen and oxygen atoms in total. The van der Waals surface area contributed by atoms with Gasteiger partial charge in [0.25, 0.3) is 0 Å². The Morgan fingerprint density at radius 2 is 2.16 bits per heavy atom. The second kappa shape index (κ2) is 4.77. The molecule has 1 aliphatic rings. The van der Waals surface area contributed by atoms with E-state index >= 15 is 0 Å². The van der Waals surface area contributed by atoms with Gasteiger partial charge in [0, 0.05) is 11.6 Å². The van der Waals surface area contributed by atoms with Gasteiger partial charge in [-0.25, -0.2) is 0 Å². The molecule has 19 heavy (non-hydrogen) atoms. The molecular weight excluding hydrogens is 256 g/mol. The summed E-state index contributed by atoms with van der Waals surface area (Å²) < 4.78 is 29.5. The lowest BCUT2D eigenvalue weighted by Gasteiger charge is -2.43. The monoisotopic (exact) mass is 271 g/mol. The van der Waals surface area contributed by atoms with E-state index in [1.165, 1.54) is 6.07 Å². The summed E-state index contributed by atoms with van der Waals surface area (Å²) in [6, 6.07) is 4.54. The third-order valence-electron chi connectivity index (χ3n) is 3.57. The molecule has 0 radical (unpaired) electrons. The summed E-state index contributed by atoms with van der Waals surface area (Å²) in [5.41, 5.74) is 5.22. The van der Waals surface area contributed by atoms with Gasteiger partial charge in [0.1, 0.15) is 5.75 Å². The summed E-state index contributed by atoms with van der Waals surface area (Å²) in [6.45, 7) is -1.38. The molecule has 0 amide bonds. The van der Waals surface area contributed by atoms with Crippen molar-refractivity contribution in [3.8, 4) is 5.75 Å². The van der Waals surface area contributed by atoms with Crippen molar-refractivity contribution in [2.24, 2.45) is 5.73 Å². The highest BCUT2D eigenvalue weighted by atomic mass is 19.3. The predicted molar refractivity (Wildman–Crippen MR) is 64.3 cm³/mol. The van der Waals surface area contributed by atoms with Crippen molar-refractivity contribution in [1.29, 1.82) is 0 Å². The van der Waals surface area contributed by atoms with E-state index in [4.69, 9.17) is 5.73 Å². The lowest BCUT2D eigenvalue weighted by molar-refractivity contribution is -0.148. The average molecular weight is 271 g/mol. The summed E-state index contributed by atoms with van der Waals surface area (Å²) in [6.07, 6.45) is 0.455. The predicted octanol–water partition coefficient (Wildman–Crippen LogP) is 2.04. The molecular formula is C13H15F2NO3. The molecule has 1 aromatic rings. The number of rotatable bonds is 4. The fraction of sp³-hybridized carbons (Fsp3) is 0.462. The summed E-state index contributed by atoms with van der Waals surface area (Å²) in [5.74, 6) is -1.11. The van der Waals surface area contributed by atoms with E-state index in [-0.39, 0.29) is 30.2 Å². The minimum Gasteiger partial charge on any atom is -0.481 e. The maximum absolute atomic E-state index is 12.5. The van der Waals surface area contributed by atoms with Gasteiger partial charge < -0.3 is 15.6 Å². The second-order valence-corrected chi connectivity index (χ2v) is 4.89. The molecule has 1 fully saturated rings. The number of aryl methyl sites for hydroxylation is 1. The molecule has 1 aromatic carbocycles. The number of halogens is 2. The maximum atomic E-state index is 12.5. The number of nitrogens with two attached hydrogens (primary N) is 1. The van der Waals surface area contributed by atoms with E-state index in [9.17, 15) is 18.7 Å². The highest BCUT2D eigenvalue weighted by Crippen LogP contribution is 2.47. The molecule has 104 valence electrons. The lowest BCUT2D eigenvalue weighted by atomic mass is 9.61. The van der Waals surface area contributed by atoms with E-state index < -0.39 is 18.0 Å². The van der Waals surface area contributed by atoms with E-state index in [2.05, 4.69) is 4.74 Å². The minimum absolute atomic E-state index is 0.0493. The van der Waals surface area contributed by atoms with Crippen molar-refractivity contribution in [2.75, 3.05) is 0 Å². The van der Waals surface area contributed by atoms with Crippen LogP contribution in [-0.2, 0) is 10.2 Å². The molecule has 2 rings (SSSR count). The topological polar surface area (TPSA) is 72.5 Å². The number of carboxylic acids is 1. The molecule has 3 N–H and O–H groups in total. The normalized spacial score (nSPS) is 26.1. The van der Waals surface area contributed by atoms with E-state index in [1.54, 1.807) is 19.1 Å². The zero-order valence-corrected chi connectivity index (χ0v) is 10.4. The van der Waals surface area contributed by atoms with Crippen LogP contribution in [0.1, 0.15) is 24.0 Å². The van der Waals surface area contributed by atoms with Gasteiger partial charge >= 0.3 is 12.6 Å². The first-order valence-corrected chi connectivity index (χ1v) is 5.90. The van der Waals surface area contributed by atoms with E-state index in [0.29, 0.717) is 5.56 Å². The molecule has 0 saturated heterocycles. The number of benzene rings is 1. The van der Waals surface area contributed by atoms with Crippen molar-refractivity contribution in [3.63, 3.8) is 0 Å². The van der Waals surface area contributed by atoms with Crippen LogP contribution in [0.15, 0.2) is 18.2 Å². The van der Waals surface area contributed by atoms with Gasteiger partial charge in [-0.1, -0.05) is 18.2 Å². The molecule has 0 aliphatic heterocycles. The molecule has 0 unspecified atom stereocenters. The van der Waals surface area contributed by atoms with Crippen LogP contribution in [0.2, 0.25) is 0 Å². The second-order valence-electron chi connectivity index (χ2n) is 4.89. The number of alkyl halides is 2. The van der Waals surface area contributed by atoms with Crippen LogP contribution in [0.5, 0.6) is 5.75 Å². The highest BCUT2D eigenvalue weighted by Gasteiger charge is 2.52. The number of carbonyl (C=O) groups is 1. The molecule has 1 saturated carbocycles. The Morgan fingerprint density at radius 3 is 2.63 bits per heavy atom. The molecule has 0 heterocycles. The number of hydrogen-bond donors (Lipinski definition) is 2. The van der Waals surface area contributed by atoms with Crippen LogP contribution < -0.4 is 10.5 Å². The van der Waals surface area contributed by atoms with Gasteiger partial charge in [0.2, 0.25) is 0 Å². The van der Waals surface area contributed by atoms with Crippen molar-refractivity contribution in [1.82, 2.24) is 0 Å². The Kier molecular flexibility index (Phi) is 3.45. The number of hydrogen-bond acceptors (Lipinski definition) is 3. The quantitative estimate of drug-likeness (QED) is 0.879. The SMILES string of the molecule is Cc1cccc(C2(C(=O)O)CC(N)C2)c1OC(F)F. The first-order chi connectivity index (χ1) is 8.86. The third kappa shape index (κ3) is 2.28. The van der Waals surface area contributed by atoms with E-state index in [0.717, 1.165) is 0 Å². The van der Waals surface area contributed by atoms with Crippen LogP contribution in [0, 0.1) is 6.92 Å². The van der Waals surface area contributed by atoms with Crippen LogP contribution in [0.25, 0.3) is 0 Å². The van der Waals surface area contributed by atoms with Gasteiger partial charge in [0.05, 0.1) is 5.41 Å². The first kappa shape index (κ1) is 13.7. The molecule has 0 bridgehead atoms. The fourth-order valence-corrected chi connectivity index (χ4v) is 2.62. The van der Waals surface area contributed by atoms with Gasteiger partial charge in [-0.2, -0.15) is 8.78 Å². The van der Waals surface area contributed by atoms with Gasteiger partial charge in [-0.15, -0.1) is 0 Å².